The zero-order valence-corrected chi connectivity index (χ0v) is 19.4. The lowest BCUT2D eigenvalue weighted by Gasteiger charge is -2.36. The zero-order chi connectivity index (χ0) is 23.4. The molecule has 32 heavy (non-hydrogen) atoms. The van der Waals surface area contributed by atoms with Crippen molar-refractivity contribution in [2.24, 2.45) is 17.8 Å². The van der Waals surface area contributed by atoms with E-state index in [1.54, 1.807) is 38.1 Å². The number of anilines is 1. The SMILES string of the molecule is CCOC(=O)[C@H]1[C@H]2C(=O)N([C@H](C)CO)C(C(=O)Nc3ccccc3Cl)C23CC(C)[C@]1(C)O3. The van der Waals surface area contributed by atoms with Gasteiger partial charge < -0.3 is 24.8 Å². The minimum Gasteiger partial charge on any atom is -0.466 e. The van der Waals surface area contributed by atoms with Crippen LogP contribution in [0.4, 0.5) is 5.69 Å². The molecule has 0 aliphatic carbocycles. The van der Waals surface area contributed by atoms with Crippen LogP contribution in [0, 0.1) is 17.8 Å². The number of esters is 1. The molecule has 0 aromatic heterocycles. The van der Waals surface area contributed by atoms with Gasteiger partial charge >= 0.3 is 5.97 Å². The highest BCUT2D eigenvalue weighted by molar-refractivity contribution is 6.33. The first-order chi connectivity index (χ1) is 15.1. The fourth-order valence-electron chi connectivity index (χ4n) is 5.89. The minimum atomic E-state index is -1.20. The molecule has 1 spiro atoms. The Kier molecular flexibility index (Phi) is 5.76. The van der Waals surface area contributed by atoms with E-state index in [0.717, 1.165) is 0 Å². The van der Waals surface area contributed by atoms with Crippen LogP contribution in [0.25, 0.3) is 0 Å². The van der Waals surface area contributed by atoms with Crippen LogP contribution in [0.15, 0.2) is 24.3 Å². The maximum atomic E-state index is 13.7. The van der Waals surface area contributed by atoms with E-state index in [0.29, 0.717) is 17.1 Å². The molecule has 9 heteroatoms. The van der Waals surface area contributed by atoms with Crippen LogP contribution < -0.4 is 5.32 Å². The summed E-state index contributed by atoms with van der Waals surface area (Å²) in [5, 5.41) is 13.0. The Morgan fingerprint density at radius 1 is 1.41 bits per heavy atom. The third-order valence-electron chi connectivity index (χ3n) is 7.41. The lowest BCUT2D eigenvalue weighted by atomic mass is 9.62. The van der Waals surface area contributed by atoms with Gasteiger partial charge in [-0.1, -0.05) is 30.7 Å². The number of amides is 2. The molecule has 3 heterocycles. The number of carbonyl (C=O) groups excluding carboxylic acids is 3. The highest BCUT2D eigenvalue weighted by atomic mass is 35.5. The highest BCUT2D eigenvalue weighted by Crippen LogP contribution is 2.65. The number of rotatable bonds is 6. The van der Waals surface area contributed by atoms with E-state index >= 15 is 0 Å². The average molecular weight is 465 g/mol. The lowest BCUT2D eigenvalue weighted by molar-refractivity contribution is -0.161. The van der Waals surface area contributed by atoms with Gasteiger partial charge in [0.05, 0.1) is 41.5 Å². The average Bonchev–Trinajstić information content (AvgIpc) is 3.26. The van der Waals surface area contributed by atoms with Crippen LogP contribution in [-0.4, -0.2) is 64.3 Å². The Hall–Kier alpha value is -2.16. The number of para-hydroxylation sites is 1. The van der Waals surface area contributed by atoms with Gasteiger partial charge in [0.1, 0.15) is 17.6 Å². The number of ether oxygens (including phenoxy) is 2. The van der Waals surface area contributed by atoms with E-state index in [2.05, 4.69) is 5.32 Å². The predicted molar refractivity (Wildman–Crippen MR) is 117 cm³/mol. The molecule has 1 aromatic carbocycles. The first kappa shape index (κ1) is 23.0. The normalized spacial score (nSPS) is 36.2. The standard InChI is InChI=1S/C23H29ClN2O6/c1-5-31-21(30)17-16-20(29)26(13(3)11-27)18(23(16)10-12(2)22(17,4)32-23)19(28)25-15-9-7-6-8-14(15)24/h6-9,12-13,16-18,27H,5,10-11H2,1-4H3,(H,25,28)/t12?,13-,16+,17-,18?,22+,23?/m1/s1. The molecule has 1 aromatic rings. The number of nitrogens with zero attached hydrogens (tertiary/aromatic N) is 1. The number of benzene rings is 1. The number of aliphatic hydroxyl groups excluding tert-OH is 1. The first-order valence-electron chi connectivity index (χ1n) is 11.0. The van der Waals surface area contributed by atoms with Gasteiger partial charge in [-0.05, 0) is 45.2 Å². The molecule has 3 fully saturated rings. The molecule has 7 atom stereocenters. The third-order valence-corrected chi connectivity index (χ3v) is 7.74. The summed E-state index contributed by atoms with van der Waals surface area (Å²) >= 11 is 6.24. The summed E-state index contributed by atoms with van der Waals surface area (Å²) in [5.74, 6) is -3.11. The molecule has 3 aliphatic rings. The topological polar surface area (TPSA) is 105 Å². The van der Waals surface area contributed by atoms with E-state index in [4.69, 9.17) is 21.1 Å². The molecule has 2 bridgehead atoms. The zero-order valence-electron chi connectivity index (χ0n) is 18.6. The predicted octanol–water partition coefficient (Wildman–Crippen LogP) is 2.23. The van der Waals surface area contributed by atoms with E-state index in [9.17, 15) is 19.5 Å². The van der Waals surface area contributed by atoms with Crippen molar-refractivity contribution in [1.29, 1.82) is 0 Å². The second-order valence-corrected chi connectivity index (χ2v) is 9.61. The molecule has 4 rings (SSSR count). The maximum Gasteiger partial charge on any atom is 0.312 e. The molecule has 2 N–H and O–H groups in total. The highest BCUT2D eigenvalue weighted by Gasteiger charge is 2.80. The van der Waals surface area contributed by atoms with Crippen LogP contribution in [0.5, 0.6) is 0 Å². The molecule has 0 radical (unpaired) electrons. The molecular formula is C23H29ClN2O6. The van der Waals surface area contributed by atoms with E-state index in [1.165, 1.54) is 4.90 Å². The fraction of sp³-hybridized carbons (Fsp3) is 0.609. The molecule has 3 unspecified atom stereocenters. The molecule has 0 saturated carbocycles. The van der Waals surface area contributed by atoms with Gasteiger partial charge in [-0.2, -0.15) is 0 Å². The Labute approximate surface area is 192 Å². The molecule has 2 amide bonds. The first-order valence-corrected chi connectivity index (χ1v) is 11.3. The van der Waals surface area contributed by atoms with Crippen molar-refractivity contribution < 1.29 is 29.0 Å². The summed E-state index contributed by atoms with van der Waals surface area (Å²) in [4.78, 5) is 41.7. The maximum absolute atomic E-state index is 13.7. The van der Waals surface area contributed by atoms with Crippen LogP contribution >= 0.6 is 11.6 Å². The van der Waals surface area contributed by atoms with Gasteiger partial charge in [0.15, 0.2) is 0 Å². The van der Waals surface area contributed by atoms with Crippen molar-refractivity contribution in [3.8, 4) is 0 Å². The second-order valence-electron chi connectivity index (χ2n) is 9.20. The molecule has 174 valence electrons. The molecular weight excluding hydrogens is 436 g/mol. The Bertz CT molecular complexity index is 956. The summed E-state index contributed by atoms with van der Waals surface area (Å²) in [6.07, 6.45) is 0.436. The number of nitrogens with one attached hydrogen (secondary N) is 1. The second kappa shape index (κ2) is 8.01. The monoisotopic (exact) mass is 464 g/mol. The van der Waals surface area contributed by atoms with Crippen molar-refractivity contribution in [3.63, 3.8) is 0 Å². The summed E-state index contributed by atoms with van der Waals surface area (Å²) < 4.78 is 11.8. The summed E-state index contributed by atoms with van der Waals surface area (Å²) in [6, 6.07) is 5.16. The van der Waals surface area contributed by atoms with Crippen molar-refractivity contribution in [1.82, 2.24) is 4.90 Å². The number of fused-ring (bicyclic) bond motifs is 1. The Morgan fingerprint density at radius 3 is 2.72 bits per heavy atom. The van der Waals surface area contributed by atoms with Gasteiger partial charge in [0, 0.05) is 0 Å². The summed E-state index contributed by atoms with van der Waals surface area (Å²) in [5.41, 5.74) is -1.71. The van der Waals surface area contributed by atoms with E-state index in [-0.39, 0.29) is 25.0 Å². The van der Waals surface area contributed by atoms with Crippen molar-refractivity contribution in [2.45, 2.75) is 57.4 Å². The summed E-state index contributed by atoms with van der Waals surface area (Å²) in [6.45, 7) is 7.01. The molecule has 3 saturated heterocycles. The number of hydrogen-bond donors (Lipinski definition) is 2. The van der Waals surface area contributed by atoms with Gasteiger partial charge in [-0.15, -0.1) is 0 Å². The fourth-order valence-corrected chi connectivity index (χ4v) is 6.08. The van der Waals surface area contributed by atoms with Crippen LogP contribution in [0.3, 0.4) is 0 Å². The van der Waals surface area contributed by atoms with Crippen LogP contribution in [0.1, 0.15) is 34.1 Å². The summed E-state index contributed by atoms with van der Waals surface area (Å²) in [7, 11) is 0. The van der Waals surface area contributed by atoms with Crippen molar-refractivity contribution >= 4 is 35.1 Å². The molecule has 8 nitrogen and oxygen atoms in total. The number of aliphatic hydroxyl groups is 1. The largest absolute Gasteiger partial charge is 0.466 e. The minimum absolute atomic E-state index is 0.0825. The number of halogens is 1. The Balaban J connectivity index is 1.80. The van der Waals surface area contributed by atoms with Crippen LogP contribution in [0.2, 0.25) is 5.02 Å². The van der Waals surface area contributed by atoms with Gasteiger partial charge in [0.25, 0.3) is 0 Å². The quantitative estimate of drug-likeness (QED) is 0.625. The number of hydrogen-bond acceptors (Lipinski definition) is 6. The molecule has 3 aliphatic heterocycles. The van der Waals surface area contributed by atoms with Gasteiger partial charge in [0.2, 0.25) is 11.8 Å². The van der Waals surface area contributed by atoms with E-state index < -0.39 is 47.0 Å². The third kappa shape index (κ3) is 3.07. The van der Waals surface area contributed by atoms with Gasteiger partial charge in [-0.25, -0.2) is 0 Å². The number of carbonyl (C=O) groups is 3. The van der Waals surface area contributed by atoms with Crippen molar-refractivity contribution in [3.05, 3.63) is 29.3 Å². The van der Waals surface area contributed by atoms with E-state index in [1.807, 2.05) is 13.8 Å². The Morgan fingerprint density at radius 2 is 2.09 bits per heavy atom. The smallest absolute Gasteiger partial charge is 0.312 e. The lowest BCUT2D eigenvalue weighted by Crippen LogP contribution is -2.56. The van der Waals surface area contributed by atoms with Crippen molar-refractivity contribution in [2.75, 3.05) is 18.5 Å². The van der Waals surface area contributed by atoms with Gasteiger partial charge in [-0.3, -0.25) is 14.4 Å². The van der Waals surface area contributed by atoms with Crippen LogP contribution in [-0.2, 0) is 23.9 Å². The number of likely N-dealkylation sites (tertiary alicyclic amines) is 1.